The molecule has 0 radical (unpaired) electrons. The molecule has 0 aliphatic carbocycles. The lowest BCUT2D eigenvalue weighted by atomic mass is 10.1. The molecule has 1 aromatic heterocycles. The monoisotopic (exact) mass is 215 g/mol. The molecule has 1 heterocycles. The molecule has 16 heavy (non-hydrogen) atoms. The van der Waals surface area contributed by atoms with Crippen LogP contribution < -0.4 is 10.5 Å². The van der Waals surface area contributed by atoms with Gasteiger partial charge < -0.3 is 10.5 Å². The van der Waals surface area contributed by atoms with Gasteiger partial charge in [0.05, 0.1) is 12.8 Å². The molecule has 0 atom stereocenters. The molecular formula is C12H13N3O. The summed E-state index contributed by atoms with van der Waals surface area (Å²) in [5.74, 6) is 1.29. The van der Waals surface area contributed by atoms with Crippen LogP contribution in [-0.2, 0) is 0 Å². The fraction of sp³-hybridized carbons (Fsp3) is 0.167. The predicted molar refractivity (Wildman–Crippen MR) is 63.2 cm³/mol. The second-order valence-electron chi connectivity index (χ2n) is 3.53. The van der Waals surface area contributed by atoms with Gasteiger partial charge in [0.15, 0.2) is 0 Å². The van der Waals surface area contributed by atoms with Crippen molar-refractivity contribution in [3.8, 4) is 17.0 Å². The Kier molecular flexibility index (Phi) is 2.72. The van der Waals surface area contributed by atoms with Gasteiger partial charge in [0, 0.05) is 5.56 Å². The van der Waals surface area contributed by atoms with Crippen LogP contribution in [0.3, 0.4) is 0 Å². The first-order chi connectivity index (χ1) is 7.70. The summed E-state index contributed by atoms with van der Waals surface area (Å²) in [7, 11) is 1.64. The van der Waals surface area contributed by atoms with E-state index in [0.29, 0.717) is 5.82 Å². The Bertz CT molecular complexity index is 494. The van der Waals surface area contributed by atoms with E-state index in [1.165, 1.54) is 0 Å². The standard InChI is InChI=1S/C12H13N3O/c1-8-7-11(14-15-12(8)13)9-3-5-10(16-2)6-4-9/h3-7H,1-2H3,(H2,13,15). The van der Waals surface area contributed by atoms with Gasteiger partial charge in [0.25, 0.3) is 0 Å². The number of aromatic nitrogens is 2. The quantitative estimate of drug-likeness (QED) is 0.832. The summed E-state index contributed by atoms with van der Waals surface area (Å²) >= 11 is 0. The van der Waals surface area contributed by atoms with Crippen molar-refractivity contribution in [1.29, 1.82) is 0 Å². The molecule has 4 heteroatoms. The predicted octanol–water partition coefficient (Wildman–Crippen LogP) is 2.04. The number of benzene rings is 1. The second kappa shape index (κ2) is 4.18. The van der Waals surface area contributed by atoms with Crippen LogP contribution in [0.15, 0.2) is 30.3 Å². The number of ether oxygens (including phenoxy) is 1. The number of hydrogen-bond donors (Lipinski definition) is 1. The van der Waals surface area contributed by atoms with Gasteiger partial charge >= 0.3 is 0 Å². The summed E-state index contributed by atoms with van der Waals surface area (Å²) in [5, 5.41) is 7.94. The van der Waals surface area contributed by atoms with Crippen molar-refractivity contribution >= 4 is 5.82 Å². The van der Waals surface area contributed by atoms with Crippen LogP contribution in [-0.4, -0.2) is 17.3 Å². The van der Waals surface area contributed by atoms with E-state index in [2.05, 4.69) is 10.2 Å². The Morgan fingerprint density at radius 3 is 2.38 bits per heavy atom. The van der Waals surface area contributed by atoms with Crippen LogP contribution in [0.5, 0.6) is 5.75 Å². The number of nitrogen functional groups attached to an aromatic ring is 1. The molecule has 0 fully saturated rings. The van der Waals surface area contributed by atoms with Crippen molar-refractivity contribution in [1.82, 2.24) is 10.2 Å². The van der Waals surface area contributed by atoms with E-state index in [1.807, 2.05) is 37.3 Å². The zero-order chi connectivity index (χ0) is 11.5. The van der Waals surface area contributed by atoms with Crippen molar-refractivity contribution in [3.63, 3.8) is 0 Å². The lowest BCUT2D eigenvalue weighted by molar-refractivity contribution is 0.415. The summed E-state index contributed by atoms with van der Waals surface area (Å²) in [6.45, 7) is 1.91. The number of nitrogens with zero attached hydrogens (tertiary/aromatic N) is 2. The summed E-state index contributed by atoms with van der Waals surface area (Å²) < 4.78 is 5.09. The van der Waals surface area contributed by atoms with Crippen LogP contribution >= 0.6 is 0 Å². The molecule has 82 valence electrons. The molecule has 1 aromatic carbocycles. The molecule has 4 nitrogen and oxygen atoms in total. The topological polar surface area (TPSA) is 61.0 Å². The minimum atomic E-state index is 0.470. The average Bonchev–Trinajstić information content (AvgIpc) is 2.33. The highest BCUT2D eigenvalue weighted by atomic mass is 16.5. The van der Waals surface area contributed by atoms with Crippen molar-refractivity contribution < 1.29 is 4.74 Å². The lowest BCUT2D eigenvalue weighted by Gasteiger charge is -2.04. The second-order valence-corrected chi connectivity index (χ2v) is 3.53. The molecule has 0 aliphatic heterocycles. The normalized spacial score (nSPS) is 10.1. The largest absolute Gasteiger partial charge is 0.497 e. The molecule has 0 saturated heterocycles. The first-order valence-electron chi connectivity index (χ1n) is 4.95. The summed E-state index contributed by atoms with van der Waals surface area (Å²) in [5.41, 5.74) is 8.36. The summed E-state index contributed by atoms with van der Waals surface area (Å²) in [6.07, 6.45) is 0. The average molecular weight is 215 g/mol. The molecule has 2 aromatic rings. The number of aryl methyl sites for hydroxylation is 1. The molecule has 0 bridgehead atoms. The number of hydrogen-bond acceptors (Lipinski definition) is 4. The van der Waals surface area contributed by atoms with Crippen LogP contribution in [0.2, 0.25) is 0 Å². The fourth-order valence-electron chi connectivity index (χ4n) is 1.40. The first kappa shape index (κ1) is 10.4. The summed E-state index contributed by atoms with van der Waals surface area (Å²) in [4.78, 5) is 0. The fourth-order valence-corrected chi connectivity index (χ4v) is 1.40. The minimum absolute atomic E-state index is 0.470. The summed E-state index contributed by atoms with van der Waals surface area (Å²) in [6, 6.07) is 9.59. The van der Waals surface area contributed by atoms with Crippen LogP contribution in [0, 0.1) is 6.92 Å². The van der Waals surface area contributed by atoms with Crippen LogP contribution in [0.25, 0.3) is 11.3 Å². The van der Waals surface area contributed by atoms with Gasteiger partial charge in [0.2, 0.25) is 0 Å². The zero-order valence-electron chi connectivity index (χ0n) is 9.27. The third-order valence-corrected chi connectivity index (χ3v) is 2.41. The van der Waals surface area contributed by atoms with E-state index in [0.717, 1.165) is 22.6 Å². The Morgan fingerprint density at radius 2 is 1.81 bits per heavy atom. The van der Waals surface area contributed by atoms with E-state index in [1.54, 1.807) is 7.11 Å². The highest BCUT2D eigenvalue weighted by Crippen LogP contribution is 2.21. The molecule has 0 amide bonds. The maximum atomic E-state index is 5.62. The number of methoxy groups -OCH3 is 1. The van der Waals surface area contributed by atoms with E-state index < -0.39 is 0 Å². The van der Waals surface area contributed by atoms with Crippen LogP contribution in [0.1, 0.15) is 5.56 Å². The molecule has 2 N–H and O–H groups in total. The smallest absolute Gasteiger partial charge is 0.149 e. The third-order valence-electron chi connectivity index (χ3n) is 2.41. The van der Waals surface area contributed by atoms with Crippen molar-refractivity contribution in [3.05, 3.63) is 35.9 Å². The maximum Gasteiger partial charge on any atom is 0.149 e. The van der Waals surface area contributed by atoms with Crippen molar-refractivity contribution in [2.75, 3.05) is 12.8 Å². The van der Waals surface area contributed by atoms with Crippen LogP contribution in [0.4, 0.5) is 5.82 Å². The van der Waals surface area contributed by atoms with E-state index in [4.69, 9.17) is 10.5 Å². The molecule has 0 spiro atoms. The highest BCUT2D eigenvalue weighted by molar-refractivity contribution is 5.61. The minimum Gasteiger partial charge on any atom is -0.497 e. The molecular weight excluding hydrogens is 202 g/mol. The van der Waals surface area contributed by atoms with E-state index in [9.17, 15) is 0 Å². The number of nitrogens with two attached hydrogens (primary N) is 1. The number of rotatable bonds is 2. The third kappa shape index (κ3) is 1.95. The van der Waals surface area contributed by atoms with Gasteiger partial charge in [0.1, 0.15) is 11.6 Å². The highest BCUT2D eigenvalue weighted by Gasteiger charge is 2.03. The van der Waals surface area contributed by atoms with E-state index >= 15 is 0 Å². The van der Waals surface area contributed by atoms with Crippen molar-refractivity contribution in [2.45, 2.75) is 6.92 Å². The van der Waals surface area contributed by atoms with Gasteiger partial charge in [-0.3, -0.25) is 0 Å². The molecule has 0 unspecified atom stereocenters. The number of anilines is 1. The molecule has 0 aliphatic rings. The van der Waals surface area contributed by atoms with Gasteiger partial charge in [-0.15, -0.1) is 10.2 Å². The Hall–Kier alpha value is -2.10. The lowest BCUT2D eigenvalue weighted by Crippen LogP contribution is -1.97. The van der Waals surface area contributed by atoms with Gasteiger partial charge in [-0.25, -0.2) is 0 Å². The first-order valence-corrected chi connectivity index (χ1v) is 4.95. The Labute approximate surface area is 94.1 Å². The van der Waals surface area contributed by atoms with E-state index in [-0.39, 0.29) is 0 Å². The van der Waals surface area contributed by atoms with Gasteiger partial charge in [-0.1, -0.05) is 0 Å². The zero-order valence-corrected chi connectivity index (χ0v) is 9.27. The van der Waals surface area contributed by atoms with Gasteiger partial charge in [-0.2, -0.15) is 0 Å². The SMILES string of the molecule is COc1ccc(-c2cc(C)c(N)nn2)cc1. The van der Waals surface area contributed by atoms with Crippen molar-refractivity contribution in [2.24, 2.45) is 0 Å². The molecule has 2 rings (SSSR count). The maximum absolute atomic E-state index is 5.62. The van der Waals surface area contributed by atoms with Gasteiger partial charge in [-0.05, 0) is 42.8 Å². The Morgan fingerprint density at radius 1 is 1.12 bits per heavy atom. The molecule has 0 saturated carbocycles. The Balaban J connectivity index is 2.38.